The lowest BCUT2D eigenvalue weighted by Gasteiger charge is -2.14. The Bertz CT molecular complexity index is 1210. The van der Waals surface area contributed by atoms with Gasteiger partial charge in [0.1, 0.15) is 17.2 Å². The molecule has 0 amide bonds. The van der Waals surface area contributed by atoms with E-state index in [4.69, 9.17) is 9.47 Å². The van der Waals surface area contributed by atoms with Crippen LogP contribution in [0.1, 0.15) is 13.8 Å². The monoisotopic (exact) mass is 452 g/mol. The second-order valence-corrected chi connectivity index (χ2v) is 8.99. The molecule has 1 aromatic heterocycles. The molecular weight excluding hydrogens is 432 g/mol. The summed E-state index contributed by atoms with van der Waals surface area (Å²) >= 11 is 3.22. The van der Waals surface area contributed by atoms with E-state index in [2.05, 4.69) is 0 Å². The molecule has 7 heteroatoms. The molecule has 4 rings (SSSR count). The molecule has 0 saturated carbocycles. The van der Waals surface area contributed by atoms with Gasteiger partial charge in [-0.15, -0.1) is 11.3 Å². The summed E-state index contributed by atoms with van der Waals surface area (Å²) in [4.78, 5) is 14.2. The largest absolute Gasteiger partial charge is 0.508 e. The molecule has 1 atom stereocenters. The van der Waals surface area contributed by atoms with Gasteiger partial charge in [0.25, 0.3) is 0 Å². The van der Waals surface area contributed by atoms with Crippen LogP contribution < -0.4 is 4.74 Å². The van der Waals surface area contributed by atoms with Crippen molar-refractivity contribution in [1.29, 1.82) is 0 Å². The fourth-order valence-corrected chi connectivity index (χ4v) is 5.58. The Hall–Kier alpha value is -3.16. The van der Waals surface area contributed by atoms with E-state index in [-0.39, 0.29) is 11.5 Å². The van der Waals surface area contributed by atoms with Gasteiger partial charge in [0.2, 0.25) is 6.29 Å². The van der Waals surface area contributed by atoms with Crippen LogP contribution in [-0.2, 0) is 9.53 Å². The molecule has 0 aliphatic heterocycles. The lowest BCUT2D eigenvalue weighted by atomic mass is 10.1. The van der Waals surface area contributed by atoms with Crippen LogP contribution >= 0.6 is 23.1 Å². The van der Waals surface area contributed by atoms with E-state index in [1.807, 2.05) is 42.5 Å². The van der Waals surface area contributed by atoms with Crippen LogP contribution in [0.5, 0.6) is 17.2 Å². The Morgan fingerprint density at radius 3 is 2.32 bits per heavy atom. The molecule has 0 fully saturated rings. The van der Waals surface area contributed by atoms with Gasteiger partial charge in [-0.3, -0.25) is 4.79 Å². The first-order valence-corrected chi connectivity index (χ1v) is 11.2. The second kappa shape index (κ2) is 8.91. The predicted molar refractivity (Wildman–Crippen MR) is 123 cm³/mol. The summed E-state index contributed by atoms with van der Waals surface area (Å²) in [6.45, 7) is 3.01. The van der Waals surface area contributed by atoms with Crippen LogP contribution in [0, 0.1) is 0 Å². The zero-order valence-electron chi connectivity index (χ0n) is 16.9. The Balaban J connectivity index is 1.65. The van der Waals surface area contributed by atoms with Gasteiger partial charge in [0, 0.05) is 38.6 Å². The highest BCUT2D eigenvalue weighted by molar-refractivity contribution is 8.00. The highest BCUT2D eigenvalue weighted by atomic mass is 32.2. The normalized spacial score (nSPS) is 11.9. The maximum absolute atomic E-state index is 11.0. The maximum Gasteiger partial charge on any atom is 0.305 e. The molecule has 0 aliphatic carbocycles. The van der Waals surface area contributed by atoms with Crippen LogP contribution in [-0.4, -0.2) is 22.5 Å². The van der Waals surface area contributed by atoms with Gasteiger partial charge in [-0.25, -0.2) is 0 Å². The third kappa shape index (κ3) is 4.95. The fraction of sp³-hybridized carbons (Fsp3) is 0.125. The molecule has 0 aliphatic rings. The Morgan fingerprint density at radius 1 is 0.968 bits per heavy atom. The molecule has 4 aromatic rings. The van der Waals surface area contributed by atoms with Crippen LogP contribution in [0.2, 0.25) is 0 Å². The topological polar surface area (TPSA) is 76.0 Å². The van der Waals surface area contributed by atoms with Gasteiger partial charge in [-0.1, -0.05) is 11.8 Å². The highest BCUT2D eigenvalue weighted by Gasteiger charge is 2.16. The molecule has 31 heavy (non-hydrogen) atoms. The number of phenolic OH excluding ortho intramolecular Hbond substituents is 2. The van der Waals surface area contributed by atoms with E-state index in [9.17, 15) is 15.0 Å². The van der Waals surface area contributed by atoms with Crippen molar-refractivity contribution < 1.29 is 24.5 Å². The van der Waals surface area contributed by atoms with E-state index < -0.39 is 12.3 Å². The first-order valence-electron chi connectivity index (χ1n) is 9.56. The van der Waals surface area contributed by atoms with Gasteiger partial charge >= 0.3 is 5.97 Å². The van der Waals surface area contributed by atoms with Crippen molar-refractivity contribution >= 4 is 39.2 Å². The number of hydrogen-bond acceptors (Lipinski definition) is 7. The van der Waals surface area contributed by atoms with E-state index in [0.717, 1.165) is 30.3 Å². The number of ether oxygens (including phenoxy) is 2. The van der Waals surface area contributed by atoms with Crippen molar-refractivity contribution in [1.82, 2.24) is 0 Å². The Labute approximate surface area is 187 Å². The number of benzene rings is 3. The number of carbonyl (C=O) groups excluding carboxylic acids is 1. The first-order chi connectivity index (χ1) is 14.9. The van der Waals surface area contributed by atoms with Crippen LogP contribution in [0.3, 0.4) is 0 Å². The van der Waals surface area contributed by atoms with Crippen molar-refractivity contribution in [3.63, 3.8) is 0 Å². The second-order valence-electron chi connectivity index (χ2n) is 6.86. The van der Waals surface area contributed by atoms with Crippen molar-refractivity contribution in [2.75, 3.05) is 0 Å². The van der Waals surface area contributed by atoms with Crippen molar-refractivity contribution in [3.05, 3.63) is 66.7 Å². The summed E-state index contributed by atoms with van der Waals surface area (Å²) in [5.74, 6) is 0.662. The van der Waals surface area contributed by atoms with E-state index in [0.29, 0.717) is 5.75 Å². The lowest BCUT2D eigenvalue weighted by Crippen LogP contribution is -2.18. The van der Waals surface area contributed by atoms with Crippen LogP contribution in [0.15, 0.2) is 76.5 Å². The number of esters is 1. The number of carbonyl (C=O) groups is 1. The van der Waals surface area contributed by atoms with Gasteiger partial charge in [0.05, 0.1) is 0 Å². The average molecular weight is 453 g/mol. The third-order valence-corrected chi connectivity index (χ3v) is 6.90. The standard InChI is InChI=1S/C24H20O5S2/c1-14(25)28-15(2)29-19-8-10-20(11-9-19)30-24-21-12-7-18(27)13-22(21)31-23(24)16-3-5-17(26)6-4-16/h3-13,15,26-27H,1-2H3. The fourth-order valence-electron chi connectivity index (χ4n) is 3.12. The Kier molecular flexibility index (Phi) is 6.06. The third-order valence-electron chi connectivity index (χ3n) is 4.44. The molecule has 2 N–H and O–H groups in total. The minimum atomic E-state index is -0.661. The molecule has 1 unspecified atom stereocenters. The number of phenols is 2. The first kappa shape index (κ1) is 21.1. The minimum Gasteiger partial charge on any atom is -0.508 e. The highest BCUT2D eigenvalue weighted by Crippen LogP contribution is 2.47. The molecule has 3 aromatic carbocycles. The smallest absolute Gasteiger partial charge is 0.305 e. The summed E-state index contributed by atoms with van der Waals surface area (Å²) in [7, 11) is 0. The lowest BCUT2D eigenvalue weighted by molar-refractivity contribution is -0.158. The van der Waals surface area contributed by atoms with Crippen LogP contribution in [0.4, 0.5) is 0 Å². The van der Waals surface area contributed by atoms with Gasteiger partial charge in [-0.05, 0) is 72.3 Å². The summed E-state index contributed by atoms with van der Waals surface area (Å²) in [5, 5.41) is 20.6. The number of aromatic hydroxyl groups is 2. The molecule has 1 heterocycles. The Morgan fingerprint density at radius 2 is 1.65 bits per heavy atom. The zero-order valence-corrected chi connectivity index (χ0v) is 18.5. The van der Waals surface area contributed by atoms with Crippen molar-refractivity contribution in [3.8, 4) is 27.7 Å². The summed E-state index contributed by atoms with van der Waals surface area (Å²) in [5.41, 5.74) is 0.996. The molecule has 5 nitrogen and oxygen atoms in total. The summed E-state index contributed by atoms with van der Waals surface area (Å²) in [6.07, 6.45) is -0.661. The van der Waals surface area contributed by atoms with Crippen LogP contribution in [0.25, 0.3) is 20.5 Å². The zero-order chi connectivity index (χ0) is 22.0. The molecule has 0 saturated heterocycles. The molecule has 0 spiro atoms. The predicted octanol–water partition coefficient (Wildman–Crippen LogP) is 6.42. The van der Waals surface area contributed by atoms with E-state index >= 15 is 0 Å². The van der Waals surface area contributed by atoms with E-state index in [1.54, 1.807) is 54.3 Å². The summed E-state index contributed by atoms with van der Waals surface area (Å²) in [6, 6.07) is 20.1. The average Bonchev–Trinajstić information content (AvgIpc) is 3.06. The molecular formula is C24H20O5S2. The molecule has 0 radical (unpaired) electrons. The number of fused-ring (bicyclic) bond motifs is 1. The van der Waals surface area contributed by atoms with Gasteiger partial charge in [0.15, 0.2) is 0 Å². The van der Waals surface area contributed by atoms with Crippen molar-refractivity contribution in [2.24, 2.45) is 0 Å². The molecule has 158 valence electrons. The van der Waals surface area contributed by atoms with Gasteiger partial charge in [-0.2, -0.15) is 0 Å². The van der Waals surface area contributed by atoms with E-state index in [1.165, 1.54) is 6.92 Å². The quantitative estimate of drug-likeness (QED) is 0.260. The van der Waals surface area contributed by atoms with Crippen molar-refractivity contribution in [2.45, 2.75) is 29.9 Å². The summed E-state index contributed by atoms with van der Waals surface area (Å²) < 4.78 is 11.6. The SMILES string of the molecule is CC(=O)OC(C)Oc1ccc(Sc2c(-c3ccc(O)cc3)sc3cc(O)ccc23)cc1. The minimum absolute atomic E-state index is 0.218. The number of hydrogen-bond donors (Lipinski definition) is 2. The van der Waals surface area contributed by atoms with Gasteiger partial charge < -0.3 is 19.7 Å². The maximum atomic E-state index is 11.0. The molecule has 0 bridgehead atoms. The number of thiophene rings is 1. The number of rotatable bonds is 6.